The largest absolute Gasteiger partial charge is 0.461 e. The quantitative estimate of drug-likeness (QED) is 0.793. The van der Waals surface area contributed by atoms with Gasteiger partial charge in [-0.2, -0.15) is 4.98 Å². The molecular weight excluding hydrogens is 326 g/mol. The number of aryl methyl sites for hydroxylation is 1. The van der Waals surface area contributed by atoms with Gasteiger partial charge in [0.1, 0.15) is 0 Å². The lowest BCUT2D eigenvalue weighted by atomic mass is 10.2. The predicted octanol–water partition coefficient (Wildman–Crippen LogP) is 0.152. The van der Waals surface area contributed by atoms with Crippen molar-refractivity contribution in [3.8, 4) is 11.6 Å². The second-order valence-corrected chi connectivity index (χ2v) is 5.82. The number of rotatable bonds is 6. The van der Waals surface area contributed by atoms with Crippen LogP contribution in [-0.4, -0.2) is 71.5 Å². The molecule has 1 aliphatic rings. The maximum atomic E-state index is 12.3. The molecule has 0 aliphatic carbocycles. The normalized spacial score (nSPS) is 15.3. The van der Waals surface area contributed by atoms with Gasteiger partial charge in [0.2, 0.25) is 23.5 Å². The number of nitrogens with zero attached hydrogens (tertiary/aromatic N) is 4. The van der Waals surface area contributed by atoms with Crippen molar-refractivity contribution >= 4 is 11.8 Å². The Kier molecular flexibility index (Phi) is 5.44. The third kappa shape index (κ3) is 4.44. The van der Waals surface area contributed by atoms with Crippen molar-refractivity contribution in [1.82, 2.24) is 25.3 Å². The van der Waals surface area contributed by atoms with Crippen molar-refractivity contribution in [2.45, 2.75) is 12.8 Å². The van der Waals surface area contributed by atoms with Crippen LogP contribution >= 0.6 is 0 Å². The predicted molar refractivity (Wildman–Crippen MR) is 87.4 cm³/mol. The van der Waals surface area contributed by atoms with E-state index in [9.17, 15) is 9.59 Å². The molecule has 3 heterocycles. The number of likely N-dealkylation sites (N-methyl/N-ethyl adjacent to an activating group) is 1. The molecule has 0 radical (unpaired) electrons. The van der Waals surface area contributed by atoms with E-state index < -0.39 is 0 Å². The number of carbonyl (C=O) groups excluding carboxylic acids is 2. The summed E-state index contributed by atoms with van der Waals surface area (Å²) in [5.74, 6) is 1.38. The van der Waals surface area contributed by atoms with Crippen LogP contribution in [0, 0.1) is 0 Å². The van der Waals surface area contributed by atoms with Crippen molar-refractivity contribution < 1.29 is 18.5 Å². The molecular formula is C16H21N5O4. The molecule has 25 heavy (non-hydrogen) atoms. The Morgan fingerprint density at radius 1 is 1.28 bits per heavy atom. The number of furan rings is 1. The van der Waals surface area contributed by atoms with Gasteiger partial charge in [0, 0.05) is 46.1 Å². The van der Waals surface area contributed by atoms with Crippen LogP contribution < -0.4 is 5.32 Å². The molecule has 0 aromatic carbocycles. The summed E-state index contributed by atoms with van der Waals surface area (Å²) in [5.41, 5.74) is 0. The number of hydrogen-bond donors (Lipinski definition) is 1. The van der Waals surface area contributed by atoms with Gasteiger partial charge in [-0.1, -0.05) is 5.16 Å². The Labute approximate surface area is 145 Å². The van der Waals surface area contributed by atoms with Crippen molar-refractivity contribution in [3.05, 3.63) is 24.3 Å². The van der Waals surface area contributed by atoms with E-state index in [0.717, 1.165) is 0 Å². The highest BCUT2D eigenvalue weighted by Gasteiger charge is 2.22. The van der Waals surface area contributed by atoms with E-state index in [1.807, 2.05) is 9.80 Å². The highest BCUT2D eigenvalue weighted by atomic mass is 16.5. The zero-order valence-corrected chi connectivity index (χ0v) is 14.1. The Hall–Kier alpha value is -2.68. The average Bonchev–Trinajstić information content (AvgIpc) is 3.31. The van der Waals surface area contributed by atoms with E-state index in [4.69, 9.17) is 8.94 Å². The van der Waals surface area contributed by atoms with Gasteiger partial charge >= 0.3 is 0 Å². The van der Waals surface area contributed by atoms with Gasteiger partial charge < -0.3 is 19.2 Å². The number of carbonyl (C=O) groups is 2. The lowest BCUT2D eigenvalue weighted by Gasteiger charge is -2.34. The van der Waals surface area contributed by atoms with Gasteiger partial charge in [-0.15, -0.1) is 0 Å². The van der Waals surface area contributed by atoms with E-state index in [0.29, 0.717) is 63.0 Å². The fraction of sp³-hybridized carbons (Fsp3) is 0.500. The third-order valence-corrected chi connectivity index (χ3v) is 4.13. The monoisotopic (exact) mass is 347 g/mol. The maximum absolute atomic E-state index is 12.3. The van der Waals surface area contributed by atoms with E-state index in [1.54, 1.807) is 25.4 Å². The van der Waals surface area contributed by atoms with Crippen LogP contribution in [0.5, 0.6) is 0 Å². The number of hydrogen-bond acceptors (Lipinski definition) is 7. The van der Waals surface area contributed by atoms with Gasteiger partial charge in [0.25, 0.3) is 0 Å². The van der Waals surface area contributed by atoms with Gasteiger partial charge in [0.15, 0.2) is 5.76 Å². The smallest absolute Gasteiger partial charge is 0.238 e. The molecule has 3 rings (SSSR count). The highest BCUT2D eigenvalue weighted by molar-refractivity contribution is 5.78. The minimum absolute atomic E-state index is 0.0106. The first-order valence-electron chi connectivity index (χ1n) is 8.23. The summed E-state index contributed by atoms with van der Waals surface area (Å²) >= 11 is 0. The highest BCUT2D eigenvalue weighted by Crippen LogP contribution is 2.16. The lowest BCUT2D eigenvalue weighted by Crippen LogP contribution is -2.50. The van der Waals surface area contributed by atoms with Crippen LogP contribution in [0.25, 0.3) is 11.6 Å². The van der Waals surface area contributed by atoms with Crippen LogP contribution in [0.1, 0.15) is 12.3 Å². The molecule has 0 unspecified atom stereocenters. The van der Waals surface area contributed by atoms with Gasteiger partial charge in [0.05, 0.1) is 12.8 Å². The topological polar surface area (TPSA) is 105 Å². The molecule has 1 aliphatic heterocycles. The molecule has 9 heteroatoms. The number of piperazine rings is 1. The summed E-state index contributed by atoms with van der Waals surface area (Å²) in [5, 5.41) is 6.45. The molecule has 9 nitrogen and oxygen atoms in total. The number of aromatic nitrogens is 2. The fourth-order valence-electron chi connectivity index (χ4n) is 2.67. The summed E-state index contributed by atoms with van der Waals surface area (Å²) in [4.78, 5) is 31.8. The Morgan fingerprint density at radius 2 is 2.08 bits per heavy atom. The molecule has 2 aromatic rings. The van der Waals surface area contributed by atoms with Crippen molar-refractivity contribution in [1.29, 1.82) is 0 Å². The Morgan fingerprint density at radius 3 is 2.76 bits per heavy atom. The van der Waals surface area contributed by atoms with Gasteiger partial charge in [-0.05, 0) is 12.1 Å². The zero-order valence-electron chi connectivity index (χ0n) is 14.1. The Bertz CT molecular complexity index is 704. The van der Waals surface area contributed by atoms with Crippen LogP contribution in [0.15, 0.2) is 27.3 Å². The van der Waals surface area contributed by atoms with Crippen LogP contribution in [0.2, 0.25) is 0 Å². The molecule has 0 atom stereocenters. The van der Waals surface area contributed by atoms with Crippen molar-refractivity contribution in [2.75, 3.05) is 39.8 Å². The second kappa shape index (κ2) is 7.93. The zero-order chi connectivity index (χ0) is 17.6. The standard InChI is InChI=1S/C16H21N5O4/c1-17-13(22)11-20-6-8-21(9-7-20)15(23)5-4-14-18-16(19-25-14)12-3-2-10-24-12/h2-3,10H,4-9,11H2,1H3,(H,17,22). The number of amides is 2. The molecule has 1 N–H and O–H groups in total. The van der Waals surface area contributed by atoms with E-state index in [-0.39, 0.29) is 11.8 Å². The summed E-state index contributed by atoms with van der Waals surface area (Å²) in [6, 6.07) is 3.50. The molecule has 2 aromatic heterocycles. The van der Waals surface area contributed by atoms with Crippen LogP contribution in [0.3, 0.4) is 0 Å². The van der Waals surface area contributed by atoms with Gasteiger partial charge in [-0.3, -0.25) is 14.5 Å². The summed E-state index contributed by atoms with van der Waals surface area (Å²) < 4.78 is 10.4. The van der Waals surface area contributed by atoms with Crippen molar-refractivity contribution in [3.63, 3.8) is 0 Å². The van der Waals surface area contributed by atoms with Gasteiger partial charge in [-0.25, -0.2) is 0 Å². The molecule has 0 saturated carbocycles. The molecule has 134 valence electrons. The van der Waals surface area contributed by atoms with Crippen LogP contribution in [-0.2, 0) is 16.0 Å². The van der Waals surface area contributed by atoms with Crippen molar-refractivity contribution in [2.24, 2.45) is 0 Å². The molecule has 0 bridgehead atoms. The summed E-state index contributed by atoms with van der Waals surface area (Å²) in [7, 11) is 1.62. The third-order valence-electron chi connectivity index (χ3n) is 4.13. The first-order chi connectivity index (χ1) is 12.2. The maximum Gasteiger partial charge on any atom is 0.238 e. The minimum atomic E-state index is -0.0106. The molecule has 0 spiro atoms. The van der Waals surface area contributed by atoms with Crippen LogP contribution in [0.4, 0.5) is 0 Å². The summed E-state index contributed by atoms with van der Waals surface area (Å²) in [6.07, 6.45) is 2.25. The lowest BCUT2D eigenvalue weighted by molar-refractivity contribution is -0.133. The molecule has 2 amide bonds. The minimum Gasteiger partial charge on any atom is -0.461 e. The molecule has 1 fully saturated rings. The first-order valence-corrected chi connectivity index (χ1v) is 8.23. The SMILES string of the molecule is CNC(=O)CN1CCN(C(=O)CCc2nc(-c3ccco3)no2)CC1. The molecule has 1 saturated heterocycles. The fourth-order valence-corrected chi connectivity index (χ4v) is 2.67. The average molecular weight is 347 g/mol. The summed E-state index contributed by atoms with van der Waals surface area (Å²) in [6.45, 7) is 3.01. The number of nitrogens with one attached hydrogen (secondary N) is 1. The van der Waals surface area contributed by atoms with E-state index in [2.05, 4.69) is 15.5 Å². The van der Waals surface area contributed by atoms with E-state index >= 15 is 0 Å². The second-order valence-electron chi connectivity index (χ2n) is 5.82. The Balaban J connectivity index is 1.43. The first kappa shape index (κ1) is 17.2. The van der Waals surface area contributed by atoms with E-state index in [1.165, 1.54) is 0 Å².